The monoisotopic (exact) mass is 280 g/mol. The van der Waals surface area contributed by atoms with Gasteiger partial charge in [0.05, 0.1) is 30.2 Å². The van der Waals surface area contributed by atoms with Gasteiger partial charge in [0.2, 0.25) is 5.88 Å². The van der Waals surface area contributed by atoms with Crippen LogP contribution in [0.1, 0.15) is 18.4 Å². The molecule has 1 aliphatic heterocycles. The summed E-state index contributed by atoms with van der Waals surface area (Å²) in [5.74, 6) is -1.05. The molecule has 6 nitrogen and oxygen atoms in total. The van der Waals surface area contributed by atoms with E-state index in [9.17, 15) is 5.26 Å². The quantitative estimate of drug-likeness (QED) is 0.904. The van der Waals surface area contributed by atoms with Crippen LogP contribution in [0.15, 0.2) is 29.7 Å². The third kappa shape index (κ3) is 2.33. The van der Waals surface area contributed by atoms with Gasteiger partial charge in [-0.2, -0.15) is 15.8 Å². The second-order valence-corrected chi connectivity index (χ2v) is 4.31. The number of nitriles is 3. The maximum absolute atomic E-state index is 9.25. The highest BCUT2D eigenvalue weighted by atomic mass is 16.5. The smallest absolute Gasteiger partial charge is 0.205 e. The average Bonchev–Trinajstić information content (AvgIpc) is 2.49. The van der Waals surface area contributed by atoms with Crippen LogP contribution in [-0.4, -0.2) is 6.61 Å². The Morgan fingerprint density at radius 2 is 2.05 bits per heavy atom. The van der Waals surface area contributed by atoms with E-state index in [1.165, 1.54) is 0 Å². The number of ether oxygens (including phenoxy) is 2. The number of hydrogen-bond acceptors (Lipinski definition) is 6. The van der Waals surface area contributed by atoms with Gasteiger partial charge in [-0.25, -0.2) is 0 Å². The molecule has 21 heavy (non-hydrogen) atoms. The van der Waals surface area contributed by atoms with Crippen LogP contribution < -0.4 is 15.2 Å². The van der Waals surface area contributed by atoms with E-state index < -0.39 is 11.8 Å². The Bertz CT molecular complexity index is 705. The zero-order valence-electron chi connectivity index (χ0n) is 11.3. The van der Waals surface area contributed by atoms with Crippen molar-refractivity contribution >= 4 is 0 Å². The van der Waals surface area contributed by atoms with E-state index in [4.69, 9.17) is 25.7 Å². The molecule has 0 amide bonds. The Morgan fingerprint density at radius 1 is 1.33 bits per heavy atom. The summed E-state index contributed by atoms with van der Waals surface area (Å²) in [5, 5.41) is 27.6. The van der Waals surface area contributed by atoms with Crippen LogP contribution in [0, 0.1) is 39.9 Å². The van der Waals surface area contributed by atoms with Gasteiger partial charge in [0.1, 0.15) is 12.0 Å². The van der Waals surface area contributed by atoms with Crippen LogP contribution >= 0.6 is 0 Å². The van der Waals surface area contributed by atoms with Gasteiger partial charge in [0.15, 0.2) is 11.5 Å². The summed E-state index contributed by atoms with van der Waals surface area (Å²) in [6, 6.07) is 10.9. The molecule has 0 saturated carbocycles. The van der Waals surface area contributed by atoms with Crippen LogP contribution in [0.3, 0.4) is 0 Å². The van der Waals surface area contributed by atoms with Crippen LogP contribution in [-0.2, 0) is 0 Å². The Balaban J connectivity index is 2.66. The van der Waals surface area contributed by atoms with E-state index in [1.54, 1.807) is 18.2 Å². The van der Waals surface area contributed by atoms with Gasteiger partial charge in [0.25, 0.3) is 0 Å². The maximum atomic E-state index is 9.25. The van der Waals surface area contributed by atoms with E-state index in [1.807, 2.05) is 25.1 Å². The van der Waals surface area contributed by atoms with Gasteiger partial charge in [-0.1, -0.05) is 12.1 Å². The number of allylic oxidation sites excluding steroid dienone is 1. The van der Waals surface area contributed by atoms with Crippen LogP contribution in [0.25, 0.3) is 0 Å². The molecule has 0 saturated heterocycles. The minimum absolute atomic E-state index is 0.0873. The van der Waals surface area contributed by atoms with Crippen molar-refractivity contribution in [3.63, 3.8) is 0 Å². The lowest BCUT2D eigenvalue weighted by Crippen LogP contribution is -2.24. The average molecular weight is 280 g/mol. The summed E-state index contributed by atoms with van der Waals surface area (Å²) in [5.41, 5.74) is 6.41. The molecule has 2 N–H and O–H groups in total. The molecule has 0 fully saturated rings. The van der Waals surface area contributed by atoms with Crippen molar-refractivity contribution in [1.29, 1.82) is 15.8 Å². The molecule has 0 spiro atoms. The number of para-hydroxylation sites is 1. The molecule has 1 atom stereocenters. The first kappa shape index (κ1) is 14.2. The SMILES string of the molecule is CCOc1cccc2c1OC(N)=C(C#N)C2C(C#N)C#N. The first-order valence-electron chi connectivity index (χ1n) is 6.30. The van der Waals surface area contributed by atoms with Crippen molar-refractivity contribution in [2.24, 2.45) is 11.7 Å². The summed E-state index contributed by atoms with van der Waals surface area (Å²) in [7, 11) is 0. The lowest BCUT2D eigenvalue weighted by atomic mass is 9.80. The number of nitrogens with zero attached hydrogens (tertiary/aromatic N) is 3. The maximum Gasteiger partial charge on any atom is 0.205 e. The molecule has 1 aromatic rings. The normalized spacial score (nSPS) is 16.2. The molecular formula is C15H12N4O2. The lowest BCUT2D eigenvalue weighted by Gasteiger charge is -2.27. The predicted octanol–water partition coefficient (Wildman–Crippen LogP) is 1.92. The molecule has 0 radical (unpaired) electrons. The van der Waals surface area contributed by atoms with Gasteiger partial charge in [-0.05, 0) is 13.0 Å². The summed E-state index contributed by atoms with van der Waals surface area (Å²) in [6.07, 6.45) is 0. The fourth-order valence-electron chi connectivity index (χ4n) is 2.28. The Kier molecular flexibility index (Phi) is 3.97. The van der Waals surface area contributed by atoms with Gasteiger partial charge in [-0.15, -0.1) is 0 Å². The predicted molar refractivity (Wildman–Crippen MR) is 72.5 cm³/mol. The Hall–Kier alpha value is -3.17. The zero-order chi connectivity index (χ0) is 15.4. The first-order chi connectivity index (χ1) is 10.2. The number of hydrogen-bond donors (Lipinski definition) is 1. The van der Waals surface area contributed by atoms with Crippen molar-refractivity contribution in [2.45, 2.75) is 12.8 Å². The summed E-state index contributed by atoms with van der Waals surface area (Å²) in [6.45, 7) is 2.26. The highest BCUT2D eigenvalue weighted by Crippen LogP contribution is 2.46. The molecule has 0 aromatic heterocycles. The summed E-state index contributed by atoms with van der Waals surface area (Å²) >= 11 is 0. The molecule has 6 heteroatoms. The van der Waals surface area contributed by atoms with Crippen LogP contribution in [0.4, 0.5) is 0 Å². The third-order valence-corrected chi connectivity index (χ3v) is 3.16. The first-order valence-corrected chi connectivity index (χ1v) is 6.30. The van der Waals surface area contributed by atoms with Crippen LogP contribution in [0.2, 0.25) is 0 Å². The Labute approximate surface area is 122 Å². The Morgan fingerprint density at radius 3 is 2.62 bits per heavy atom. The van der Waals surface area contributed by atoms with Gasteiger partial charge in [-0.3, -0.25) is 0 Å². The lowest BCUT2D eigenvalue weighted by molar-refractivity contribution is 0.303. The highest BCUT2D eigenvalue weighted by Gasteiger charge is 2.37. The number of fused-ring (bicyclic) bond motifs is 1. The zero-order valence-corrected chi connectivity index (χ0v) is 11.3. The fourth-order valence-corrected chi connectivity index (χ4v) is 2.28. The number of nitrogens with two attached hydrogens (primary N) is 1. The topological polar surface area (TPSA) is 116 Å². The van der Waals surface area contributed by atoms with E-state index >= 15 is 0 Å². The highest BCUT2D eigenvalue weighted by molar-refractivity contribution is 5.57. The molecule has 0 bridgehead atoms. The number of rotatable bonds is 3. The molecule has 2 rings (SSSR count). The summed E-state index contributed by atoms with van der Waals surface area (Å²) in [4.78, 5) is 0. The second kappa shape index (κ2) is 5.86. The minimum Gasteiger partial charge on any atom is -0.490 e. The molecule has 0 aliphatic carbocycles. The van der Waals surface area contributed by atoms with Crippen LogP contribution in [0.5, 0.6) is 11.5 Å². The van der Waals surface area contributed by atoms with Crippen molar-refractivity contribution in [1.82, 2.24) is 0 Å². The molecule has 1 aliphatic rings. The van der Waals surface area contributed by atoms with Gasteiger partial charge >= 0.3 is 0 Å². The van der Waals surface area contributed by atoms with Gasteiger partial charge < -0.3 is 15.2 Å². The molecule has 1 unspecified atom stereocenters. The van der Waals surface area contributed by atoms with Crippen molar-refractivity contribution in [3.8, 4) is 29.7 Å². The van der Waals surface area contributed by atoms with Crippen molar-refractivity contribution in [2.75, 3.05) is 6.61 Å². The fraction of sp³-hybridized carbons (Fsp3) is 0.267. The largest absolute Gasteiger partial charge is 0.490 e. The van der Waals surface area contributed by atoms with E-state index in [2.05, 4.69) is 0 Å². The second-order valence-electron chi connectivity index (χ2n) is 4.31. The standard InChI is InChI=1S/C15H12N4O2/c1-2-20-12-5-3-4-10-13(9(6-16)7-17)11(8-18)15(19)21-14(10)12/h3-5,9,13H,2,19H2,1H3. The van der Waals surface area contributed by atoms with Crippen molar-refractivity contribution < 1.29 is 9.47 Å². The minimum atomic E-state index is -1.03. The third-order valence-electron chi connectivity index (χ3n) is 3.16. The van der Waals surface area contributed by atoms with E-state index in [-0.39, 0.29) is 11.5 Å². The number of benzene rings is 1. The molecule has 1 heterocycles. The van der Waals surface area contributed by atoms with E-state index in [0.29, 0.717) is 23.7 Å². The molecule has 104 valence electrons. The van der Waals surface area contributed by atoms with Gasteiger partial charge in [0, 0.05) is 5.56 Å². The van der Waals surface area contributed by atoms with Crippen molar-refractivity contribution in [3.05, 3.63) is 35.2 Å². The molecule has 1 aromatic carbocycles. The summed E-state index contributed by atoms with van der Waals surface area (Å²) < 4.78 is 10.9. The molecular weight excluding hydrogens is 268 g/mol. The van der Waals surface area contributed by atoms with E-state index in [0.717, 1.165) is 0 Å².